The average Bonchev–Trinajstić information content (AvgIpc) is 3.14. The predicted octanol–water partition coefficient (Wildman–Crippen LogP) is 0.820. The van der Waals surface area contributed by atoms with Crippen LogP contribution in [-0.4, -0.2) is 36.3 Å². The lowest BCUT2D eigenvalue weighted by Crippen LogP contribution is -2.26. The molecule has 0 aliphatic heterocycles. The maximum atomic E-state index is 12.1. The molecule has 25 heavy (non-hydrogen) atoms. The van der Waals surface area contributed by atoms with Gasteiger partial charge in [-0.1, -0.05) is 6.07 Å². The highest BCUT2D eigenvalue weighted by molar-refractivity contribution is 5.93. The van der Waals surface area contributed by atoms with Gasteiger partial charge in [-0.15, -0.1) is 0 Å². The summed E-state index contributed by atoms with van der Waals surface area (Å²) in [6, 6.07) is 6.68. The number of rotatable bonds is 7. The second-order valence-electron chi connectivity index (χ2n) is 6.28. The van der Waals surface area contributed by atoms with Crippen LogP contribution < -0.4 is 15.8 Å². The lowest BCUT2D eigenvalue weighted by Gasteiger charge is -2.13. The van der Waals surface area contributed by atoms with E-state index in [0.717, 1.165) is 6.42 Å². The summed E-state index contributed by atoms with van der Waals surface area (Å²) < 4.78 is 10.2. The van der Waals surface area contributed by atoms with Crippen LogP contribution in [0.2, 0.25) is 0 Å². The smallest absolute Gasteiger partial charge is 0.309 e. The minimum Gasteiger partial charge on any atom is -0.481 e. The zero-order valence-electron chi connectivity index (χ0n) is 13.5. The van der Waals surface area contributed by atoms with Gasteiger partial charge in [-0.3, -0.25) is 20.1 Å². The Kier molecular flexibility index (Phi) is 4.89. The lowest BCUT2D eigenvalue weighted by molar-refractivity contribution is -0.152. The molecule has 2 aliphatic carbocycles. The van der Waals surface area contributed by atoms with Crippen LogP contribution in [0.3, 0.4) is 0 Å². The first-order chi connectivity index (χ1) is 12.0. The van der Waals surface area contributed by atoms with Gasteiger partial charge in [0.2, 0.25) is 0 Å². The molecule has 4 atom stereocenters. The summed E-state index contributed by atoms with van der Waals surface area (Å²) >= 11 is 0. The highest BCUT2D eigenvalue weighted by Gasteiger charge is 2.63. The topological polar surface area (TPSA) is 128 Å². The molecule has 8 heteroatoms. The Morgan fingerprint density at radius 3 is 2.76 bits per heavy atom. The van der Waals surface area contributed by atoms with Gasteiger partial charge in [0.05, 0.1) is 11.8 Å². The predicted molar refractivity (Wildman–Crippen MR) is 86.5 cm³/mol. The van der Waals surface area contributed by atoms with Crippen LogP contribution >= 0.6 is 0 Å². The number of aliphatic carboxylic acids is 1. The first kappa shape index (κ1) is 17.2. The summed E-state index contributed by atoms with van der Waals surface area (Å²) in [5.41, 5.74) is 5.79. The Hall–Kier alpha value is -2.61. The van der Waals surface area contributed by atoms with Crippen molar-refractivity contribution < 1.29 is 29.0 Å². The standard InChI is InChI=1S/C17H20N2O6/c18-8-25-10-3-1-2-9(6-10)19-13(20)7-24-17(23)12-5-4-11-14(12)15(11)16(21)22/h1-3,6,11-12,14-15H,4-5,7-8,18H2,(H,19,20)(H,21,22). The molecule has 134 valence electrons. The highest BCUT2D eigenvalue weighted by Crippen LogP contribution is 2.60. The van der Waals surface area contributed by atoms with Crippen molar-refractivity contribution in [2.45, 2.75) is 12.8 Å². The van der Waals surface area contributed by atoms with E-state index < -0.39 is 36.3 Å². The number of fused-ring (bicyclic) bond motifs is 1. The number of anilines is 1. The second kappa shape index (κ2) is 7.10. The molecule has 1 aromatic carbocycles. The zero-order valence-corrected chi connectivity index (χ0v) is 13.5. The minimum absolute atomic E-state index is 0.0237. The first-order valence-electron chi connectivity index (χ1n) is 8.13. The summed E-state index contributed by atoms with van der Waals surface area (Å²) in [7, 11) is 0. The average molecular weight is 348 g/mol. The number of carboxylic acids is 1. The number of nitrogens with one attached hydrogen (secondary N) is 1. The van der Waals surface area contributed by atoms with E-state index in [9.17, 15) is 14.4 Å². The maximum Gasteiger partial charge on any atom is 0.309 e. The van der Waals surface area contributed by atoms with Crippen molar-refractivity contribution in [2.24, 2.45) is 29.4 Å². The van der Waals surface area contributed by atoms with Gasteiger partial charge in [0.25, 0.3) is 5.91 Å². The number of esters is 1. The van der Waals surface area contributed by atoms with Gasteiger partial charge in [-0.2, -0.15) is 0 Å². The Morgan fingerprint density at radius 2 is 2.08 bits per heavy atom. The number of benzene rings is 1. The van der Waals surface area contributed by atoms with Crippen LogP contribution in [-0.2, 0) is 19.1 Å². The molecule has 2 aliphatic rings. The van der Waals surface area contributed by atoms with Crippen LogP contribution in [0.1, 0.15) is 12.8 Å². The molecule has 1 aromatic rings. The van der Waals surface area contributed by atoms with Gasteiger partial charge in [0, 0.05) is 11.8 Å². The number of nitrogens with two attached hydrogens (primary N) is 1. The molecule has 4 N–H and O–H groups in total. The molecule has 3 rings (SSSR count). The molecule has 1 amide bonds. The third-order valence-electron chi connectivity index (χ3n) is 4.81. The number of hydrogen-bond acceptors (Lipinski definition) is 6. The van der Waals surface area contributed by atoms with Gasteiger partial charge in [-0.05, 0) is 36.8 Å². The van der Waals surface area contributed by atoms with Crippen molar-refractivity contribution in [3.05, 3.63) is 24.3 Å². The number of carbonyl (C=O) groups is 3. The van der Waals surface area contributed by atoms with E-state index in [1.54, 1.807) is 24.3 Å². The quantitative estimate of drug-likeness (QED) is 0.491. The fourth-order valence-corrected chi connectivity index (χ4v) is 3.71. The van der Waals surface area contributed by atoms with Crippen molar-refractivity contribution in [3.63, 3.8) is 0 Å². The number of hydrogen-bond donors (Lipinski definition) is 3. The van der Waals surface area contributed by atoms with Crippen molar-refractivity contribution in [1.29, 1.82) is 0 Å². The van der Waals surface area contributed by atoms with Crippen LogP contribution in [0.5, 0.6) is 5.75 Å². The summed E-state index contributed by atoms with van der Waals surface area (Å²) in [6.07, 6.45) is 1.35. The van der Waals surface area contributed by atoms with E-state index in [0.29, 0.717) is 17.9 Å². The van der Waals surface area contributed by atoms with E-state index in [2.05, 4.69) is 5.32 Å². The Morgan fingerprint density at radius 1 is 1.28 bits per heavy atom. The van der Waals surface area contributed by atoms with Crippen LogP contribution in [0.15, 0.2) is 24.3 Å². The molecule has 4 unspecified atom stereocenters. The van der Waals surface area contributed by atoms with Gasteiger partial charge in [0.15, 0.2) is 6.61 Å². The van der Waals surface area contributed by atoms with E-state index >= 15 is 0 Å². The molecular formula is C17H20N2O6. The third-order valence-corrected chi connectivity index (χ3v) is 4.81. The van der Waals surface area contributed by atoms with Gasteiger partial charge < -0.3 is 19.9 Å². The molecule has 8 nitrogen and oxygen atoms in total. The molecule has 0 spiro atoms. The Labute approximate surface area is 144 Å². The van der Waals surface area contributed by atoms with E-state index in [1.165, 1.54) is 0 Å². The number of carbonyl (C=O) groups excluding carboxylic acids is 2. The second-order valence-corrected chi connectivity index (χ2v) is 6.28. The molecular weight excluding hydrogens is 328 g/mol. The van der Waals surface area contributed by atoms with E-state index in [1.807, 2.05) is 0 Å². The third kappa shape index (κ3) is 3.74. The lowest BCUT2D eigenvalue weighted by atomic mass is 10.0. The van der Waals surface area contributed by atoms with Gasteiger partial charge in [0.1, 0.15) is 12.5 Å². The molecule has 2 fully saturated rings. The highest BCUT2D eigenvalue weighted by atomic mass is 16.5. The molecule has 0 radical (unpaired) electrons. The van der Waals surface area contributed by atoms with Gasteiger partial charge in [-0.25, -0.2) is 0 Å². The molecule has 0 saturated heterocycles. The minimum atomic E-state index is -0.857. The Bertz CT molecular complexity index is 691. The molecule has 2 saturated carbocycles. The largest absolute Gasteiger partial charge is 0.481 e. The molecule has 0 heterocycles. The van der Waals surface area contributed by atoms with E-state index in [4.69, 9.17) is 20.3 Å². The summed E-state index contributed by atoms with van der Waals surface area (Å²) in [5.74, 6) is -2.23. The van der Waals surface area contributed by atoms with Crippen molar-refractivity contribution >= 4 is 23.5 Å². The summed E-state index contributed by atoms with van der Waals surface area (Å²) in [4.78, 5) is 35.1. The van der Waals surface area contributed by atoms with E-state index in [-0.39, 0.29) is 18.6 Å². The van der Waals surface area contributed by atoms with Crippen molar-refractivity contribution in [1.82, 2.24) is 0 Å². The SMILES string of the molecule is NCOc1cccc(NC(=O)COC(=O)C2CCC3C(C(=O)O)C23)c1. The van der Waals surface area contributed by atoms with Gasteiger partial charge >= 0.3 is 11.9 Å². The monoisotopic (exact) mass is 348 g/mol. The first-order valence-corrected chi connectivity index (χ1v) is 8.13. The van der Waals surface area contributed by atoms with Crippen molar-refractivity contribution in [2.75, 3.05) is 18.7 Å². The molecule has 0 bridgehead atoms. The number of carboxylic acid groups (broad SMARTS) is 1. The summed E-state index contributed by atoms with van der Waals surface area (Å²) in [6.45, 7) is -0.387. The molecule has 0 aromatic heterocycles. The number of ether oxygens (including phenoxy) is 2. The number of amides is 1. The maximum absolute atomic E-state index is 12.1. The Balaban J connectivity index is 1.47. The fraction of sp³-hybridized carbons (Fsp3) is 0.471. The summed E-state index contributed by atoms with van der Waals surface area (Å²) in [5, 5.41) is 11.7. The van der Waals surface area contributed by atoms with Crippen LogP contribution in [0.25, 0.3) is 0 Å². The zero-order chi connectivity index (χ0) is 18.0. The van der Waals surface area contributed by atoms with Crippen LogP contribution in [0, 0.1) is 23.7 Å². The van der Waals surface area contributed by atoms with Crippen molar-refractivity contribution in [3.8, 4) is 5.75 Å². The van der Waals surface area contributed by atoms with Crippen LogP contribution in [0.4, 0.5) is 5.69 Å². The normalized spacial score (nSPS) is 26.4. The fourth-order valence-electron chi connectivity index (χ4n) is 3.71.